The fraction of sp³-hybridized carbons (Fsp3) is 0.900. The van der Waals surface area contributed by atoms with Crippen molar-refractivity contribution in [3.8, 4) is 0 Å². The van der Waals surface area contributed by atoms with Crippen molar-refractivity contribution < 1.29 is 14.6 Å². The Labute approximate surface area is 96.2 Å². The number of hydrogen-bond donors (Lipinski definition) is 2. The number of hydrogen-bond acceptors (Lipinski definition) is 5. The molecule has 0 aromatic carbocycles. The van der Waals surface area contributed by atoms with Gasteiger partial charge in [0.1, 0.15) is 6.61 Å². The molecule has 0 atom stereocenters. The Morgan fingerprint density at radius 2 is 1.94 bits per heavy atom. The zero-order valence-electron chi connectivity index (χ0n) is 9.81. The van der Waals surface area contributed by atoms with E-state index in [-0.39, 0.29) is 19.1 Å². The molecule has 1 heterocycles. The summed E-state index contributed by atoms with van der Waals surface area (Å²) < 4.78 is 4.73. The molecular formula is C10H21N3O3. The number of aliphatic hydroxyl groups excluding tert-OH is 1. The van der Waals surface area contributed by atoms with Gasteiger partial charge in [0, 0.05) is 39.8 Å². The lowest BCUT2D eigenvalue weighted by Gasteiger charge is -2.34. The van der Waals surface area contributed by atoms with Crippen molar-refractivity contribution in [1.29, 1.82) is 0 Å². The zero-order valence-corrected chi connectivity index (χ0v) is 9.81. The molecule has 6 heteroatoms. The second-order valence-corrected chi connectivity index (χ2v) is 3.87. The number of amides is 1. The standard InChI is InChI=1S/C10H21N3O3/c1-16-8-10(15)11-9-13-4-2-12(3-5-13)6-7-14/h14H,2-9H2,1H3,(H,11,15). The van der Waals surface area contributed by atoms with Gasteiger partial charge in [-0.15, -0.1) is 0 Å². The van der Waals surface area contributed by atoms with Crippen molar-refractivity contribution in [3.63, 3.8) is 0 Å². The van der Waals surface area contributed by atoms with Gasteiger partial charge in [-0.3, -0.25) is 14.6 Å². The summed E-state index contributed by atoms with van der Waals surface area (Å²) in [6, 6.07) is 0. The first-order chi connectivity index (χ1) is 7.76. The zero-order chi connectivity index (χ0) is 11.8. The van der Waals surface area contributed by atoms with Crippen LogP contribution in [-0.2, 0) is 9.53 Å². The molecule has 0 bridgehead atoms. The van der Waals surface area contributed by atoms with Crippen molar-refractivity contribution >= 4 is 5.91 Å². The van der Waals surface area contributed by atoms with E-state index in [1.165, 1.54) is 7.11 Å². The molecule has 6 nitrogen and oxygen atoms in total. The Kier molecular flexibility index (Phi) is 6.32. The number of nitrogens with zero attached hydrogens (tertiary/aromatic N) is 2. The Balaban J connectivity index is 2.10. The summed E-state index contributed by atoms with van der Waals surface area (Å²) in [7, 11) is 1.51. The summed E-state index contributed by atoms with van der Waals surface area (Å²) in [6.07, 6.45) is 0. The normalized spacial score (nSPS) is 18.6. The van der Waals surface area contributed by atoms with E-state index >= 15 is 0 Å². The minimum Gasteiger partial charge on any atom is -0.395 e. The molecular weight excluding hydrogens is 210 g/mol. The predicted molar refractivity (Wildman–Crippen MR) is 60.0 cm³/mol. The largest absolute Gasteiger partial charge is 0.395 e. The summed E-state index contributed by atoms with van der Waals surface area (Å²) in [5.74, 6) is -0.0831. The molecule has 0 aliphatic carbocycles. The van der Waals surface area contributed by atoms with Crippen LogP contribution in [0.2, 0.25) is 0 Å². The number of piperazine rings is 1. The van der Waals surface area contributed by atoms with E-state index in [1.54, 1.807) is 0 Å². The molecule has 1 fully saturated rings. The van der Waals surface area contributed by atoms with Crippen LogP contribution < -0.4 is 5.32 Å². The number of rotatable bonds is 6. The van der Waals surface area contributed by atoms with Crippen molar-refractivity contribution in [2.45, 2.75) is 0 Å². The van der Waals surface area contributed by atoms with E-state index in [0.29, 0.717) is 6.67 Å². The van der Waals surface area contributed by atoms with Crippen molar-refractivity contribution in [2.24, 2.45) is 0 Å². The number of ether oxygens (including phenoxy) is 1. The average Bonchev–Trinajstić information content (AvgIpc) is 2.29. The summed E-state index contributed by atoms with van der Waals surface area (Å²) in [6.45, 7) is 5.38. The Hall–Kier alpha value is -0.690. The van der Waals surface area contributed by atoms with Gasteiger partial charge in [-0.25, -0.2) is 0 Å². The quantitative estimate of drug-likeness (QED) is 0.571. The van der Waals surface area contributed by atoms with Gasteiger partial charge in [0.2, 0.25) is 5.91 Å². The first-order valence-corrected chi connectivity index (χ1v) is 5.57. The van der Waals surface area contributed by atoms with Gasteiger partial charge in [-0.2, -0.15) is 0 Å². The van der Waals surface area contributed by atoms with E-state index in [2.05, 4.69) is 15.1 Å². The Bertz CT molecular complexity index is 205. The highest BCUT2D eigenvalue weighted by Crippen LogP contribution is 1.99. The van der Waals surface area contributed by atoms with E-state index in [4.69, 9.17) is 9.84 Å². The summed E-state index contributed by atoms with van der Waals surface area (Å²) in [5.41, 5.74) is 0. The fourth-order valence-corrected chi connectivity index (χ4v) is 1.69. The van der Waals surface area contributed by atoms with Gasteiger partial charge in [-0.05, 0) is 0 Å². The highest BCUT2D eigenvalue weighted by Gasteiger charge is 2.16. The van der Waals surface area contributed by atoms with Crippen LogP contribution in [0.5, 0.6) is 0 Å². The van der Waals surface area contributed by atoms with Gasteiger partial charge < -0.3 is 15.2 Å². The van der Waals surface area contributed by atoms with Crippen LogP contribution in [0, 0.1) is 0 Å². The second kappa shape index (κ2) is 7.56. The molecule has 0 radical (unpaired) electrons. The molecule has 1 aliphatic rings. The van der Waals surface area contributed by atoms with Crippen LogP contribution in [0.1, 0.15) is 0 Å². The molecule has 16 heavy (non-hydrogen) atoms. The molecule has 0 unspecified atom stereocenters. The van der Waals surface area contributed by atoms with Gasteiger partial charge >= 0.3 is 0 Å². The summed E-state index contributed by atoms with van der Waals surface area (Å²) in [5, 5.41) is 11.6. The van der Waals surface area contributed by atoms with Crippen LogP contribution in [0.4, 0.5) is 0 Å². The number of methoxy groups -OCH3 is 1. The van der Waals surface area contributed by atoms with E-state index in [9.17, 15) is 4.79 Å². The average molecular weight is 231 g/mol. The molecule has 1 aliphatic heterocycles. The first-order valence-electron chi connectivity index (χ1n) is 5.57. The van der Waals surface area contributed by atoms with Gasteiger partial charge in [0.25, 0.3) is 0 Å². The maximum Gasteiger partial charge on any atom is 0.246 e. The monoisotopic (exact) mass is 231 g/mol. The third kappa shape index (κ3) is 4.89. The second-order valence-electron chi connectivity index (χ2n) is 3.87. The summed E-state index contributed by atoms with van der Waals surface area (Å²) >= 11 is 0. The molecule has 1 amide bonds. The number of aliphatic hydroxyl groups is 1. The van der Waals surface area contributed by atoms with E-state index in [1.807, 2.05) is 0 Å². The van der Waals surface area contributed by atoms with Gasteiger partial charge in [0.05, 0.1) is 13.3 Å². The minimum absolute atomic E-state index is 0.0831. The predicted octanol–water partition coefficient (Wildman–Crippen LogP) is -1.68. The lowest BCUT2D eigenvalue weighted by atomic mass is 10.3. The molecule has 0 aromatic heterocycles. The molecule has 0 saturated carbocycles. The van der Waals surface area contributed by atoms with Gasteiger partial charge in [-0.1, -0.05) is 0 Å². The fourth-order valence-electron chi connectivity index (χ4n) is 1.69. The van der Waals surface area contributed by atoms with Crippen molar-refractivity contribution in [1.82, 2.24) is 15.1 Å². The van der Waals surface area contributed by atoms with Crippen LogP contribution in [0.25, 0.3) is 0 Å². The van der Waals surface area contributed by atoms with E-state index in [0.717, 1.165) is 32.7 Å². The van der Waals surface area contributed by atoms with Crippen LogP contribution in [0.3, 0.4) is 0 Å². The highest BCUT2D eigenvalue weighted by molar-refractivity contribution is 5.77. The van der Waals surface area contributed by atoms with Crippen molar-refractivity contribution in [2.75, 3.05) is 59.7 Å². The number of nitrogens with one attached hydrogen (secondary N) is 1. The molecule has 2 N–H and O–H groups in total. The maximum absolute atomic E-state index is 11.1. The van der Waals surface area contributed by atoms with Crippen LogP contribution in [-0.4, -0.2) is 80.5 Å². The molecule has 1 rings (SSSR count). The lowest BCUT2D eigenvalue weighted by molar-refractivity contribution is -0.125. The summed E-state index contributed by atoms with van der Waals surface area (Å²) in [4.78, 5) is 15.5. The topological polar surface area (TPSA) is 65.0 Å². The maximum atomic E-state index is 11.1. The third-order valence-electron chi connectivity index (χ3n) is 2.66. The SMILES string of the molecule is COCC(=O)NCN1CCN(CCO)CC1. The van der Waals surface area contributed by atoms with Crippen molar-refractivity contribution in [3.05, 3.63) is 0 Å². The molecule has 1 saturated heterocycles. The first kappa shape index (κ1) is 13.4. The van der Waals surface area contributed by atoms with Crippen LogP contribution >= 0.6 is 0 Å². The Morgan fingerprint density at radius 3 is 2.50 bits per heavy atom. The molecule has 94 valence electrons. The highest BCUT2D eigenvalue weighted by atomic mass is 16.5. The smallest absolute Gasteiger partial charge is 0.246 e. The lowest BCUT2D eigenvalue weighted by Crippen LogP contribution is -2.50. The van der Waals surface area contributed by atoms with Crippen LogP contribution in [0.15, 0.2) is 0 Å². The molecule has 0 spiro atoms. The Morgan fingerprint density at radius 1 is 1.31 bits per heavy atom. The number of β-amino-alcohol motifs (C(OH)–C–C–N with tert-alkyl or cyclic N) is 1. The van der Waals surface area contributed by atoms with E-state index < -0.39 is 0 Å². The number of carbonyl (C=O) groups excluding carboxylic acids is 1. The minimum atomic E-state index is -0.0831. The van der Waals surface area contributed by atoms with Gasteiger partial charge in [0.15, 0.2) is 0 Å². The third-order valence-corrected chi connectivity index (χ3v) is 2.66. The number of carbonyl (C=O) groups is 1. The molecule has 0 aromatic rings.